The molecule has 0 bridgehead atoms. The second kappa shape index (κ2) is 2.83. The van der Waals surface area contributed by atoms with Crippen molar-refractivity contribution in [3.05, 3.63) is 24.0 Å². The molecule has 3 nitrogen and oxygen atoms in total. The van der Waals surface area contributed by atoms with Crippen LogP contribution in [0.5, 0.6) is 0 Å². The van der Waals surface area contributed by atoms with Crippen LogP contribution in [0.3, 0.4) is 0 Å². The highest BCUT2D eigenvalue weighted by Gasteiger charge is 2.06. The van der Waals surface area contributed by atoms with E-state index in [0.29, 0.717) is 5.56 Å². The van der Waals surface area contributed by atoms with Gasteiger partial charge >= 0.3 is 0 Å². The first kappa shape index (κ1) is 8.22. The van der Waals surface area contributed by atoms with Crippen molar-refractivity contribution in [2.24, 2.45) is 7.05 Å². The third-order valence-corrected chi connectivity index (χ3v) is 2.68. The number of aromatic nitrogens is 2. The van der Waals surface area contributed by atoms with Gasteiger partial charge in [0.05, 0.1) is 5.56 Å². The van der Waals surface area contributed by atoms with Crippen LogP contribution in [0.1, 0.15) is 5.56 Å². The Hall–Kier alpha value is -1.39. The van der Waals surface area contributed by atoms with E-state index in [0.717, 1.165) is 16.3 Å². The van der Waals surface area contributed by atoms with Crippen LogP contribution in [-0.4, -0.2) is 9.55 Å². The summed E-state index contributed by atoms with van der Waals surface area (Å²) in [6.07, 6.45) is 3.54. The Kier molecular flexibility index (Phi) is 1.79. The summed E-state index contributed by atoms with van der Waals surface area (Å²) >= 11 is 0. The maximum absolute atomic E-state index is 8.77. The molecule has 0 spiro atoms. The van der Waals surface area contributed by atoms with Crippen molar-refractivity contribution in [1.82, 2.24) is 9.55 Å². The van der Waals surface area contributed by atoms with Crippen LogP contribution in [0.15, 0.2) is 18.5 Å². The molecule has 2 rings (SSSR count). The summed E-state index contributed by atoms with van der Waals surface area (Å²) in [7, 11) is 4.52. The molecule has 0 saturated carbocycles. The number of fused-ring (bicyclic) bond motifs is 1. The minimum absolute atomic E-state index is 0.615. The topological polar surface area (TPSA) is 41.6 Å². The van der Waals surface area contributed by atoms with E-state index in [1.807, 2.05) is 23.9 Å². The molecule has 4 heteroatoms. The SMILES string of the molecule is Cn1ccc2c(P)c(C#N)cnc21. The number of nitriles is 1. The number of hydrogen-bond donors (Lipinski definition) is 0. The quantitative estimate of drug-likeness (QED) is 0.579. The van der Waals surface area contributed by atoms with Crippen molar-refractivity contribution in [3.8, 4) is 6.07 Å². The smallest absolute Gasteiger partial charge is 0.140 e. The zero-order valence-corrected chi connectivity index (χ0v) is 8.31. The molecule has 2 heterocycles. The number of rotatable bonds is 0. The summed E-state index contributed by atoms with van der Waals surface area (Å²) < 4.78 is 1.93. The summed E-state index contributed by atoms with van der Waals surface area (Å²) in [5.41, 5.74) is 1.52. The van der Waals surface area contributed by atoms with Crippen molar-refractivity contribution in [2.45, 2.75) is 0 Å². The molecule has 64 valence electrons. The number of pyridine rings is 1. The van der Waals surface area contributed by atoms with E-state index in [-0.39, 0.29) is 0 Å². The first-order valence-corrected chi connectivity index (χ1v) is 4.41. The highest BCUT2D eigenvalue weighted by Crippen LogP contribution is 2.13. The maximum Gasteiger partial charge on any atom is 0.140 e. The molecule has 0 fully saturated rings. The van der Waals surface area contributed by atoms with E-state index < -0.39 is 0 Å². The molecule has 2 aromatic heterocycles. The van der Waals surface area contributed by atoms with Crippen LogP contribution >= 0.6 is 9.24 Å². The highest BCUT2D eigenvalue weighted by molar-refractivity contribution is 7.28. The van der Waals surface area contributed by atoms with Crippen LogP contribution in [0.4, 0.5) is 0 Å². The average molecular weight is 189 g/mol. The van der Waals surface area contributed by atoms with Crippen LogP contribution in [0, 0.1) is 11.3 Å². The normalized spacial score (nSPS) is 10.2. The lowest BCUT2D eigenvalue weighted by Gasteiger charge is -1.99. The first-order valence-electron chi connectivity index (χ1n) is 3.83. The monoisotopic (exact) mass is 189 g/mol. The van der Waals surface area contributed by atoms with E-state index in [1.165, 1.54) is 0 Å². The van der Waals surface area contributed by atoms with Gasteiger partial charge in [0.15, 0.2) is 0 Å². The fourth-order valence-electron chi connectivity index (χ4n) is 1.32. The first-order chi connectivity index (χ1) is 6.24. The molecular weight excluding hydrogens is 181 g/mol. The van der Waals surface area contributed by atoms with Crippen LogP contribution in [0.2, 0.25) is 0 Å². The van der Waals surface area contributed by atoms with Gasteiger partial charge in [0.2, 0.25) is 0 Å². The Morgan fingerprint density at radius 3 is 3.08 bits per heavy atom. The molecule has 0 radical (unpaired) electrons. The lowest BCUT2D eigenvalue weighted by molar-refractivity contribution is 0.948. The van der Waals surface area contributed by atoms with Crippen LogP contribution in [0.25, 0.3) is 11.0 Å². The van der Waals surface area contributed by atoms with E-state index >= 15 is 0 Å². The molecule has 0 amide bonds. The van der Waals surface area contributed by atoms with E-state index in [2.05, 4.69) is 20.3 Å². The summed E-state index contributed by atoms with van der Waals surface area (Å²) in [6, 6.07) is 4.07. The van der Waals surface area contributed by atoms with Gasteiger partial charge in [0, 0.05) is 30.1 Å². The predicted octanol–water partition coefficient (Wildman–Crippen LogP) is 0.945. The van der Waals surface area contributed by atoms with Gasteiger partial charge in [-0.25, -0.2) is 4.98 Å². The largest absolute Gasteiger partial charge is 0.336 e. The Morgan fingerprint density at radius 1 is 1.62 bits per heavy atom. The van der Waals surface area contributed by atoms with Crippen molar-refractivity contribution < 1.29 is 0 Å². The Balaban J connectivity index is 2.90. The summed E-state index contributed by atoms with van der Waals surface area (Å²) in [6.45, 7) is 0. The fraction of sp³-hybridized carbons (Fsp3) is 0.111. The van der Waals surface area contributed by atoms with Gasteiger partial charge in [-0.05, 0) is 6.07 Å². The van der Waals surface area contributed by atoms with Crippen molar-refractivity contribution in [3.63, 3.8) is 0 Å². The molecule has 2 aromatic rings. The third kappa shape index (κ3) is 1.11. The van der Waals surface area contributed by atoms with Crippen molar-refractivity contribution >= 4 is 25.6 Å². The standard InChI is InChI=1S/C9H8N3P/c1-12-3-2-7-8(13)6(4-10)5-11-9(7)12/h2-3,5H,13H2,1H3. The molecule has 0 N–H and O–H groups in total. The van der Waals surface area contributed by atoms with Gasteiger partial charge in [0.25, 0.3) is 0 Å². The Bertz CT molecular complexity index is 507. The van der Waals surface area contributed by atoms with E-state index in [1.54, 1.807) is 6.20 Å². The predicted molar refractivity (Wildman–Crippen MR) is 54.8 cm³/mol. The lowest BCUT2D eigenvalue weighted by Crippen LogP contribution is -2.01. The van der Waals surface area contributed by atoms with Gasteiger partial charge in [-0.1, -0.05) is 0 Å². The molecule has 0 aliphatic rings. The lowest BCUT2D eigenvalue weighted by atomic mass is 10.2. The van der Waals surface area contributed by atoms with Gasteiger partial charge in [-0.15, -0.1) is 9.24 Å². The van der Waals surface area contributed by atoms with Gasteiger partial charge in [-0.3, -0.25) is 0 Å². The molecule has 0 aliphatic carbocycles. The van der Waals surface area contributed by atoms with Crippen LogP contribution in [-0.2, 0) is 7.05 Å². The highest BCUT2D eigenvalue weighted by atomic mass is 31.0. The molecule has 0 saturated heterocycles. The average Bonchev–Trinajstić information content (AvgIpc) is 2.50. The third-order valence-electron chi connectivity index (χ3n) is 2.06. The van der Waals surface area contributed by atoms with Crippen molar-refractivity contribution in [2.75, 3.05) is 0 Å². The van der Waals surface area contributed by atoms with Crippen LogP contribution < -0.4 is 5.30 Å². The Labute approximate surface area is 78.2 Å². The maximum atomic E-state index is 8.77. The number of aryl methyl sites for hydroxylation is 1. The summed E-state index contributed by atoms with van der Waals surface area (Å²) in [5.74, 6) is 0. The minimum Gasteiger partial charge on any atom is -0.336 e. The second-order valence-corrected chi connectivity index (χ2v) is 3.44. The number of hydrogen-bond acceptors (Lipinski definition) is 2. The zero-order valence-electron chi connectivity index (χ0n) is 7.15. The fourth-order valence-corrected chi connectivity index (χ4v) is 1.69. The molecule has 0 aliphatic heterocycles. The molecule has 13 heavy (non-hydrogen) atoms. The Morgan fingerprint density at radius 2 is 2.38 bits per heavy atom. The number of nitrogens with zero attached hydrogens (tertiary/aromatic N) is 3. The molecule has 1 atom stereocenters. The van der Waals surface area contributed by atoms with E-state index in [4.69, 9.17) is 5.26 Å². The van der Waals surface area contributed by atoms with Gasteiger partial charge in [0.1, 0.15) is 11.7 Å². The van der Waals surface area contributed by atoms with Crippen molar-refractivity contribution in [1.29, 1.82) is 5.26 Å². The zero-order chi connectivity index (χ0) is 9.42. The van der Waals surface area contributed by atoms with Gasteiger partial charge in [-0.2, -0.15) is 5.26 Å². The summed E-state index contributed by atoms with van der Waals surface area (Å²) in [5, 5.41) is 10.7. The molecule has 1 unspecified atom stereocenters. The minimum atomic E-state index is 0.615. The summed E-state index contributed by atoms with van der Waals surface area (Å²) in [4.78, 5) is 4.20. The molecule has 0 aromatic carbocycles. The second-order valence-electron chi connectivity index (χ2n) is 2.86. The molecular formula is C9H8N3P. The van der Waals surface area contributed by atoms with Gasteiger partial charge < -0.3 is 4.57 Å². The van der Waals surface area contributed by atoms with E-state index in [9.17, 15) is 0 Å².